The van der Waals surface area contributed by atoms with Gasteiger partial charge in [-0.2, -0.15) is 22.0 Å². The third kappa shape index (κ3) is 3.36. The van der Waals surface area contributed by atoms with Crippen molar-refractivity contribution < 1.29 is 31.8 Å². The number of rotatable bonds is 4. The van der Waals surface area contributed by atoms with Gasteiger partial charge in [-0.05, 0) is 40.5 Å². The summed E-state index contributed by atoms with van der Waals surface area (Å²) >= 11 is 2.97. The van der Waals surface area contributed by atoms with E-state index >= 15 is 0 Å². The number of hydrogen-bond donors (Lipinski definition) is 1. The number of alkyl halides is 5. The summed E-state index contributed by atoms with van der Waals surface area (Å²) in [6.45, 7) is 1.99. The van der Waals surface area contributed by atoms with Crippen LogP contribution in [-0.2, 0) is 0 Å². The summed E-state index contributed by atoms with van der Waals surface area (Å²) < 4.78 is 67.6. The Morgan fingerprint density at radius 2 is 1.84 bits per heavy atom. The first-order chi connectivity index (χ1) is 8.61. The van der Waals surface area contributed by atoms with Crippen LogP contribution in [0.25, 0.3) is 0 Å². The number of halogens is 6. The lowest BCUT2D eigenvalue weighted by molar-refractivity contribution is -0.315. The van der Waals surface area contributed by atoms with Crippen LogP contribution >= 0.6 is 15.9 Å². The van der Waals surface area contributed by atoms with Gasteiger partial charge in [-0.1, -0.05) is 6.07 Å². The molecular formula is C11H10BrF5O2. The highest BCUT2D eigenvalue weighted by Crippen LogP contribution is 2.45. The second-order valence-electron chi connectivity index (χ2n) is 3.65. The Balaban J connectivity index is 3.07. The Morgan fingerprint density at radius 3 is 2.26 bits per heavy atom. The maximum absolute atomic E-state index is 13.0. The van der Waals surface area contributed by atoms with Gasteiger partial charge in [-0.15, -0.1) is 0 Å². The van der Waals surface area contributed by atoms with Crippen molar-refractivity contribution in [3.05, 3.63) is 28.2 Å². The van der Waals surface area contributed by atoms with Gasteiger partial charge in [0.25, 0.3) is 0 Å². The van der Waals surface area contributed by atoms with Crippen LogP contribution in [0.4, 0.5) is 22.0 Å². The van der Waals surface area contributed by atoms with E-state index in [1.165, 1.54) is 6.07 Å². The Labute approximate surface area is 114 Å². The predicted molar refractivity (Wildman–Crippen MR) is 61.3 cm³/mol. The summed E-state index contributed by atoms with van der Waals surface area (Å²) in [5, 5.41) is 9.20. The zero-order valence-corrected chi connectivity index (χ0v) is 11.2. The molecule has 0 amide bonds. The van der Waals surface area contributed by atoms with Crippen molar-refractivity contribution in [2.45, 2.75) is 25.1 Å². The van der Waals surface area contributed by atoms with Crippen LogP contribution < -0.4 is 4.74 Å². The third-order valence-electron chi connectivity index (χ3n) is 2.29. The zero-order chi connectivity index (χ0) is 14.8. The van der Waals surface area contributed by atoms with E-state index in [9.17, 15) is 27.1 Å². The second-order valence-corrected chi connectivity index (χ2v) is 4.50. The summed E-state index contributed by atoms with van der Waals surface area (Å²) in [7, 11) is 0. The molecule has 1 rings (SSSR count). The monoisotopic (exact) mass is 348 g/mol. The summed E-state index contributed by atoms with van der Waals surface area (Å²) in [5.74, 6) is -4.94. The average Bonchev–Trinajstić information content (AvgIpc) is 2.29. The zero-order valence-electron chi connectivity index (χ0n) is 9.64. The molecule has 0 saturated heterocycles. The number of hydrogen-bond acceptors (Lipinski definition) is 2. The third-order valence-corrected chi connectivity index (χ3v) is 2.91. The van der Waals surface area contributed by atoms with Crippen molar-refractivity contribution in [2.24, 2.45) is 0 Å². The molecule has 1 aromatic rings. The Bertz CT molecular complexity index is 447. The van der Waals surface area contributed by atoms with Gasteiger partial charge in [-0.3, -0.25) is 0 Å². The normalized spacial score (nSPS) is 14.3. The summed E-state index contributed by atoms with van der Waals surface area (Å²) in [6.07, 6.45) is -8.79. The van der Waals surface area contributed by atoms with E-state index in [0.717, 1.165) is 12.1 Å². The highest BCUT2D eigenvalue weighted by atomic mass is 79.9. The van der Waals surface area contributed by atoms with Crippen LogP contribution in [0.3, 0.4) is 0 Å². The molecule has 0 radical (unpaired) electrons. The molecule has 0 bridgehead atoms. The maximum atomic E-state index is 13.0. The Morgan fingerprint density at radius 1 is 1.26 bits per heavy atom. The first-order valence-electron chi connectivity index (χ1n) is 5.16. The van der Waals surface area contributed by atoms with Gasteiger partial charge in [0, 0.05) is 0 Å². The lowest BCUT2D eigenvalue weighted by atomic mass is 10.0. The minimum Gasteiger partial charge on any atom is -0.493 e. The highest BCUT2D eigenvalue weighted by Gasteiger charge is 2.62. The number of aliphatic hydroxyl groups excluding tert-OH is 1. The number of ether oxygens (including phenoxy) is 1. The van der Waals surface area contributed by atoms with Crippen LogP contribution in [0.5, 0.6) is 5.75 Å². The summed E-state index contributed by atoms with van der Waals surface area (Å²) in [6, 6.07) is 3.13. The van der Waals surface area contributed by atoms with Crippen LogP contribution in [0.2, 0.25) is 0 Å². The SMILES string of the molecule is CCOc1ccc(C(O)C(F)(F)C(F)(F)F)cc1Br. The van der Waals surface area contributed by atoms with Crippen molar-refractivity contribution in [1.82, 2.24) is 0 Å². The average molecular weight is 349 g/mol. The fraction of sp³-hybridized carbons (Fsp3) is 0.455. The molecule has 0 fully saturated rings. The first kappa shape index (κ1) is 16.2. The van der Waals surface area contributed by atoms with Gasteiger partial charge in [0.05, 0.1) is 11.1 Å². The van der Waals surface area contributed by atoms with Crippen LogP contribution in [0.15, 0.2) is 22.7 Å². The van der Waals surface area contributed by atoms with E-state index in [1.807, 2.05) is 0 Å². The number of benzene rings is 1. The molecule has 0 aromatic heterocycles. The molecule has 8 heteroatoms. The van der Waals surface area contributed by atoms with Crippen molar-refractivity contribution >= 4 is 15.9 Å². The maximum Gasteiger partial charge on any atom is 0.456 e. The second kappa shape index (κ2) is 5.62. The highest BCUT2D eigenvalue weighted by molar-refractivity contribution is 9.10. The first-order valence-corrected chi connectivity index (χ1v) is 5.95. The van der Waals surface area contributed by atoms with Gasteiger partial charge in [-0.25, -0.2) is 0 Å². The van der Waals surface area contributed by atoms with Crippen LogP contribution in [0, 0.1) is 0 Å². The molecule has 1 unspecified atom stereocenters. The molecule has 0 heterocycles. The van der Waals surface area contributed by atoms with E-state index in [1.54, 1.807) is 6.92 Å². The Hall–Kier alpha value is -0.890. The standard InChI is InChI=1S/C11H10BrF5O2/c1-2-19-8-4-3-6(5-7(8)12)9(18)10(13,14)11(15,16)17/h3-5,9,18H,2H2,1H3. The summed E-state index contributed by atoms with van der Waals surface area (Å²) in [4.78, 5) is 0. The van der Waals surface area contributed by atoms with Gasteiger partial charge in [0.15, 0.2) is 6.10 Å². The minimum absolute atomic E-state index is 0.184. The van der Waals surface area contributed by atoms with Crippen LogP contribution in [-0.4, -0.2) is 23.8 Å². The van der Waals surface area contributed by atoms with Crippen molar-refractivity contribution in [2.75, 3.05) is 6.61 Å². The lowest BCUT2D eigenvalue weighted by Crippen LogP contribution is -2.42. The quantitative estimate of drug-likeness (QED) is 0.831. The van der Waals surface area contributed by atoms with Crippen molar-refractivity contribution in [3.8, 4) is 5.75 Å². The minimum atomic E-state index is -5.82. The molecule has 19 heavy (non-hydrogen) atoms. The predicted octanol–water partition coefficient (Wildman–Crippen LogP) is 4.08. The summed E-state index contributed by atoms with van der Waals surface area (Å²) in [5.41, 5.74) is -0.558. The topological polar surface area (TPSA) is 29.5 Å². The van der Waals surface area contributed by atoms with Gasteiger partial charge in [0.2, 0.25) is 0 Å². The van der Waals surface area contributed by atoms with E-state index in [0.29, 0.717) is 6.61 Å². The molecular weight excluding hydrogens is 339 g/mol. The molecule has 0 aliphatic rings. The smallest absolute Gasteiger partial charge is 0.456 e. The van der Waals surface area contributed by atoms with Gasteiger partial charge < -0.3 is 9.84 Å². The van der Waals surface area contributed by atoms with E-state index < -0.39 is 23.8 Å². The molecule has 0 aliphatic carbocycles. The molecule has 2 nitrogen and oxygen atoms in total. The van der Waals surface area contributed by atoms with E-state index in [4.69, 9.17) is 4.74 Å². The number of aliphatic hydroxyl groups is 1. The molecule has 108 valence electrons. The Kier molecular flexibility index (Phi) is 4.78. The fourth-order valence-electron chi connectivity index (χ4n) is 1.32. The molecule has 1 N–H and O–H groups in total. The van der Waals surface area contributed by atoms with Crippen LogP contribution in [0.1, 0.15) is 18.6 Å². The fourth-order valence-corrected chi connectivity index (χ4v) is 1.84. The van der Waals surface area contributed by atoms with E-state index in [-0.39, 0.29) is 10.2 Å². The van der Waals surface area contributed by atoms with Crippen molar-refractivity contribution in [1.29, 1.82) is 0 Å². The van der Waals surface area contributed by atoms with Crippen molar-refractivity contribution in [3.63, 3.8) is 0 Å². The van der Waals surface area contributed by atoms with Gasteiger partial charge >= 0.3 is 12.1 Å². The van der Waals surface area contributed by atoms with Gasteiger partial charge in [0.1, 0.15) is 5.75 Å². The lowest BCUT2D eigenvalue weighted by Gasteiger charge is -2.25. The molecule has 1 atom stereocenters. The molecule has 0 saturated carbocycles. The largest absolute Gasteiger partial charge is 0.493 e. The molecule has 0 aliphatic heterocycles. The van der Waals surface area contributed by atoms with E-state index in [2.05, 4.69) is 15.9 Å². The molecule has 1 aromatic carbocycles. The molecule has 0 spiro atoms.